The molecule has 0 unspecified atom stereocenters. The molecule has 0 aliphatic heterocycles. The molecular weight excluding hydrogens is 258 g/mol. The standard InChI is InChI=1S/C7H4N2O6.C3H9N/c10-7(11)5-2-1-4(8(12)13)3-6(5)9(14)15;1-4(2)3/h1-3H,(H,10,11);1-3H3. The van der Waals surface area contributed by atoms with Gasteiger partial charge in [0.05, 0.1) is 15.9 Å². The maximum atomic E-state index is 10.5. The quantitative estimate of drug-likeness (QED) is 0.649. The molecule has 0 bridgehead atoms. The fourth-order valence-electron chi connectivity index (χ4n) is 0.965. The minimum absolute atomic E-state index is 0.522. The first-order chi connectivity index (χ1) is 8.66. The summed E-state index contributed by atoms with van der Waals surface area (Å²) in [6.07, 6.45) is 0. The predicted molar refractivity (Wildman–Crippen MR) is 66.3 cm³/mol. The van der Waals surface area contributed by atoms with Crippen LogP contribution in [0.4, 0.5) is 11.4 Å². The third kappa shape index (κ3) is 5.55. The van der Waals surface area contributed by atoms with E-state index in [1.807, 2.05) is 26.0 Å². The van der Waals surface area contributed by atoms with Gasteiger partial charge >= 0.3 is 5.97 Å². The Kier molecular flexibility index (Phi) is 6.07. The van der Waals surface area contributed by atoms with E-state index in [2.05, 4.69) is 0 Å². The van der Waals surface area contributed by atoms with Crippen LogP contribution in [-0.2, 0) is 0 Å². The zero-order valence-corrected chi connectivity index (χ0v) is 10.6. The van der Waals surface area contributed by atoms with Crippen LogP contribution in [0.15, 0.2) is 18.2 Å². The van der Waals surface area contributed by atoms with Crippen LogP contribution in [0.5, 0.6) is 0 Å². The molecule has 0 aliphatic carbocycles. The predicted octanol–water partition coefficient (Wildman–Crippen LogP) is 1.38. The molecule has 9 heteroatoms. The minimum atomic E-state index is -1.50. The topological polar surface area (TPSA) is 127 Å². The van der Waals surface area contributed by atoms with Gasteiger partial charge in [-0.05, 0) is 27.2 Å². The Morgan fingerprint density at radius 3 is 1.95 bits per heavy atom. The zero-order chi connectivity index (χ0) is 15.2. The molecule has 19 heavy (non-hydrogen) atoms. The van der Waals surface area contributed by atoms with Gasteiger partial charge in [0.2, 0.25) is 0 Å². The SMILES string of the molecule is CN(C)C.O=C(O)c1ccc([N+](=O)[O-])cc1[N+](=O)[O-]. The van der Waals surface area contributed by atoms with Crippen LogP contribution < -0.4 is 0 Å². The lowest BCUT2D eigenvalue weighted by molar-refractivity contribution is -0.394. The van der Waals surface area contributed by atoms with Gasteiger partial charge in [-0.3, -0.25) is 20.2 Å². The third-order valence-corrected chi connectivity index (χ3v) is 1.62. The number of carboxylic acids is 1. The van der Waals surface area contributed by atoms with Crippen molar-refractivity contribution in [3.8, 4) is 0 Å². The van der Waals surface area contributed by atoms with E-state index in [9.17, 15) is 25.0 Å². The molecule has 0 aromatic heterocycles. The highest BCUT2D eigenvalue weighted by atomic mass is 16.6. The van der Waals surface area contributed by atoms with Crippen molar-refractivity contribution in [2.45, 2.75) is 0 Å². The van der Waals surface area contributed by atoms with Crippen LogP contribution in [0.25, 0.3) is 0 Å². The lowest BCUT2D eigenvalue weighted by Gasteiger charge is -1.97. The van der Waals surface area contributed by atoms with Crippen molar-refractivity contribution in [1.82, 2.24) is 4.90 Å². The number of aromatic carboxylic acids is 1. The highest BCUT2D eigenvalue weighted by Crippen LogP contribution is 2.24. The smallest absolute Gasteiger partial charge is 0.342 e. The molecule has 1 N–H and O–H groups in total. The van der Waals surface area contributed by atoms with Crippen LogP contribution in [0, 0.1) is 20.2 Å². The number of carboxylic acid groups (broad SMARTS) is 1. The minimum Gasteiger partial charge on any atom is -0.477 e. The molecule has 0 spiro atoms. The first-order valence-electron chi connectivity index (χ1n) is 4.93. The number of nitrogens with zero attached hydrogens (tertiary/aromatic N) is 3. The van der Waals surface area contributed by atoms with E-state index in [1.165, 1.54) is 0 Å². The van der Waals surface area contributed by atoms with Gasteiger partial charge in [-0.2, -0.15) is 0 Å². The Labute approximate surface area is 108 Å². The summed E-state index contributed by atoms with van der Waals surface area (Å²) in [5.74, 6) is -1.50. The van der Waals surface area contributed by atoms with Gasteiger partial charge < -0.3 is 10.0 Å². The second-order valence-corrected chi connectivity index (χ2v) is 3.86. The van der Waals surface area contributed by atoms with E-state index >= 15 is 0 Å². The normalized spacial score (nSPS) is 9.47. The van der Waals surface area contributed by atoms with Crippen LogP contribution in [0.2, 0.25) is 0 Å². The lowest BCUT2D eigenvalue weighted by atomic mass is 10.1. The molecule has 9 nitrogen and oxygen atoms in total. The number of benzene rings is 1. The van der Waals surface area contributed by atoms with Gasteiger partial charge in [-0.15, -0.1) is 0 Å². The van der Waals surface area contributed by atoms with Gasteiger partial charge in [0, 0.05) is 6.07 Å². The molecule has 0 heterocycles. The second kappa shape index (κ2) is 7.01. The Hall–Kier alpha value is -2.55. The van der Waals surface area contributed by atoms with E-state index in [1.54, 1.807) is 0 Å². The van der Waals surface area contributed by atoms with Gasteiger partial charge in [0.15, 0.2) is 0 Å². The molecule has 0 aliphatic rings. The molecule has 0 atom stereocenters. The highest BCUT2D eigenvalue weighted by molar-refractivity contribution is 5.92. The van der Waals surface area contributed by atoms with E-state index in [0.717, 1.165) is 12.1 Å². The van der Waals surface area contributed by atoms with Gasteiger partial charge in [0.25, 0.3) is 11.4 Å². The number of non-ortho nitro benzene ring substituents is 1. The van der Waals surface area contributed by atoms with Crippen molar-refractivity contribution in [3.05, 3.63) is 44.0 Å². The molecular formula is C10H13N3O6. The maximum Gasteiger partial charge on any atom is 0.342 e. The molecule has 1 rings (SSSR count). The third-order valence-electron chi connectivity index (χ3n) is 1.62. The average Bonchev–Trinajstić information content (AvgIpc) is 2.27. The van der Waals surface area contributed by atoms with Crippen molar-refractivity contribution in [3.63, 3.8) is 0 Å². The largest absolute Gasteiger partial charge is 0.477 e. The summed E-state index contributed by atoms with van der Waals surface area (Å²) in [5, 5.41) is 29.3. The summed E-state index contributed by atoms with van der Waals surface area (Å²) < 4.78 is 0. The summed E-state index contributed by atoms with van der Waals surface area (Å²) in [5.41, 5.74) is -1.89. The van der Waals surface area contributed by atoms with Gasteiger partial charge in [0.1, 0.15) is 5.56 Å². The average molecular weight is 271 g/mol. The highest BCUT2D eigenvalue weighted by Gasteiger charge is 2.23. The van der Waals surface area contributed by atoms with E-state index in [0.29, 0.717) is 6.07 Å². The fraction of sp³-hybridized carbons (Fsp3) is 0.300. The van der Waals surface area contributed by atoms with Crippen LogP contribution in [0.1, 0.15) is 10.4 Å². The zero-order valence-electron chi connectivity index (χ0n) is 10.6. The molecule has 0 fully saturated rings. The summed E-state index contributed by atoms with van der Waals surface area (Å²) in [4.78, 5) is 31.4. The first-order valence-corrected chi connectivity index (χ1v) is 4.93. The van der Waals surface area contributed by atoms with Crippen LogP contribution >= 0.6 is 0 Å². The van der Waals surface area contributed by atoms with E-state index in [-0.39, 0.29) is 0 Å². The molecule has 0 saturated heterocycles. The molecule has 0 saturated carbocycles. The fourth-order valence-corrected chi connectivity index (χ4v) is 0.965. The van der Waals surface area contributed by atoms with Gasteiger partial charge in [-0.1, -0.05) is 0 Å². The Balaban J connectivity index is 0.000000711. The first kappa shape index (κ1) is 16.4. The molecule has 104 valence electrons. The Morgan fingerprint density at radius 2 is 1.63 bits per heavy atom. The molecule has 0 amide bonds. The Bertz CT molecular complexity index is 497. The number of nitro benzene ring substituents is 2. The molecule has 1 aromatic carbocycles. The lowest BCUT2D eigenvalue weighted by Crippen LogP contribution is -2.03. The summed E-state index contributed by atoms with van der Waals surface area (Å²) >= 11 is 0. The number of carbonyl (C=O) groups is 1. The monoisotopic (exact) mass is 271 g/mol. The summed E-state index contributed by atoms with van der Waals surface area (Å²) in [6, 6.07) is 2.35. The number of hydrogen-bond acceptors (Lipinski definition) is 6. The van der Waals surface area contributed by atoms with Crippen LogP contribution in [0.3, 0.4) is 0 Å². The Morgan fingerprint density at radius 1 is 1.16 bits per heavy atom. The maximum absolute atomic E-state index is 10.5. The van der Waals surface area contributed by atoms with Crippen molar-refractivity contribution >= 4 is 17.3 Å². The molecule has 1 aromatic rings. The van der Waals surface area contributed by atoms with Crippen molar-refractivity contribution in [2.75, 3.05) is 21.1 Å². The van der Waals surface area contributed by atoms with Crippen molar-refractivity contribution in [1.29, 1.82) is 0 Å². The summed E-state index contributed by atoms with van der Waals surface area (Å²) in [7, 11) is 6.00. The second-order valence-electron chi connectivity index (χ2n) is 3.86. The van der Waals surface area contributed by atoms with Crippen molar-refractivity contribution < 1.29 is 19.7 Å². The summed E-state index contributed by atoms with van der Waals surface area (Å²) in [6.45, 7) is 0. The number of nitro groups is 2. The molecule has 0 radical (unpaired) electrons. The van der Waals surface area contributed by atoms with Crippen LogP contribution in [-0.4, -0.2) is 47.0 Å². The van der Waals surface area contributed by atoms with E-state index in [4.69, 9.17) is 5.11 Å². The number of hydrogen-bond donors (Lipinski definition) is 1. The van der Waals surface area contributed by atoms with Crippen molar-refractivity contribution in [2.24, 2.45) is 0 Å². The van der Waals surface area contributed by atoms with Gasteiger partial charge in [-0.25, -0.2) is 4.79 Å². The number of rotatable bonds is 3. The van der Waals surface area contributed by atoms with E-state index < -0.39 is 32.8 Å².